The summed E-state index contributed by atoms with van der Waals surface area (Å²) in [4.78, 5) is 0. The first kappa shape index (κ1) is 10.7. The molecule has 0 aliphatic heterocycles. The predicted octanol–water partition coefficient (Wildman–Crippen LogP) is 3.04. The third-order valence-electron chi connectivity index (χ3n) is 1.48. The zero-order chi connectivity index (χ0) is 10.7. The molecule has 1 rings (SSSR count). The van der Waals surface area contributed by atoms with Crippen LogP contribution in [0, 0.1) is 11.6 Å². The Labute approximate surface area is 76.1 Å². The molecular weight excluding hydrogens is 207 g/mol. The van der Waals surface area contributed by atoms with E-state index in [1.54, 1.807) is 0 Å². The van der Waals surface area contributed by atoms with Gasteiger partial charge < -0.3 is 4.74 Å². The van der Waals surface area contributed by atoms with Gasteiger partial charge in [0.1, 0.15) is 6.67 Å². The molecule has 0 saturated heterocycles. The van der Waals surface area contributed by atoms with E-state index < -0.39 is 36.2 Å². The van der Waals surface area contributed by atoms with Crippen LogP contribution in [0.4, 0.5) is 22.0 Å². The van der Waals surface area contributed by atoms with Crippen LogP contribution in [0.25, 0.3) is 0 Å². The highest BCUT2D eigenvalue weighted by molar-refractivity contribution is 5.32. The molecule has 14 heavy (non-hydrogen) atoms. The zero-order valence-corrected chi connectivity index (χ0v) is 6.74. The van der Waals surface area contributed by atoms with Gasteiger partial charge in [0.25, 0.3) is 0 Å². The van der Waals surface area contributed by atoms with Crippen LogP contribution >= 0.6 is 0 Å². The SMILES string of the molecule is FCc1ccc(F)c(OC(F)F)c1F. The number of hydrogen-bond donors (Lipinski definition) is 0. The van der Waals surface area contributed by atoms with Crippen LogP contribution in [-0.4, -0.2) is 6.61 Å². The van der Waals surface area contributed by atoms with Crippen molar-refractivity contribution in [3.63, 3.8) is 0 Å². The predicted molar refractivity (Wildman–Crippen MR) is 37.8 cm³/mol. The van der Waals surface area contributed by atoms with E-state index in [4.69, 9.17) is 0 Å². The molecule has 0 saturated carbocycles. The van der Waals surface area contributed by atoms with Gasteiger partial charge in [0, 0.05) is 5.56 Å². The van der Waals surface area contributed by atoms with E-state index >= 15 is 0 Å². The molecule has 0 atom stereocenters. The second-order valence-corrected chi connectivity index (χ2v) is 2.36. The van der Waals surface area contributed by atoms with Crippen molar-refractivity contribution in [3.8, 4) is 5.75 Å². The molecule has 0 fully saturated rings. The summed E-state index contributed by atoms with van der Waals surface area (Å²) in [6, 6.07) is 1.48. The van der Waals surface area contributed by atoms with Crippen LogP contribution in [0.15, 0.2) is 12.1 Å². The number of alkyl halides is 3. The van der Waals surface area contributed by atoms with Gasteiger partial charge in [-0.15, -0.1) is 0 Å². The third-order valence-corrected chi connectivity index (χ3v) is 1.48. The number of benzene rings is 1. The van der Waals surface area contributed by atoms with Crippen molar-refractivity contribution in [3.05, 3.63) is 29.3 Å². The lowest BCUT2D eigenvalue weighted by atomic mass is 10.2. The van der Waals surface area contributed by atoms with Gasteiger partial charge in [0.2, 0.25) is 0 Å². The molecule has 0 heterocycles. The molecule has 0 aromatic heterocycles. The second-order valence-electron chi connectivity index (χ2n) is 2.36. The zero-order valence-electron chi connectivity index (χ0n) is 6.74. The highest BCUT2D eigenvalue weighted by Crippen LogP contribution is 2.26. The van der Waals surface area contributed by atoms with Gasteiger partial charge in [-0.2, -0.15) is 8.78 Å². The standard InChI is InChI=1S/C8H5F5O/c9-3-4-1-2-5(10)7(6(4)11)14-8(12)13/h1-2,8H,3H2. The van der Waals surface area contributed by atoms with Crippen molar-refractivity contribution in [2.75, 3.05) is 0 Å². The Kier molecular flexibility index (Phi) is 3.27. The summed E-state index contributed by atoms with van der Waals surface area (Å²) in [6.07, 6.45) is 0. The molecule has 78 valence electrons. The Morgan fingerprint density at radius 3 is 2.36 bits per heavy atom. The van der Waals surface area contributed by atoms with Crippen LogP contribution < -0.4 is 4.74 Å². The summed E-state index contributed by atoms with van der Waals surface area (Å²) in [7, 11) is 0. The van der Waals surface area contributed by atoms with E-state index in [1.807, 2.05) is 0 Å². The number of rotatable bonds is 3. The maximum absolute atomic E-state index is 13.0. The maximum atomic E-state index is 13.0. The fourth-order valence-electron chi connectivity index (χ4n) is 0.874. The van der Waals surface area contributed by atoms with Crippen LogP contribution in [0.1, 0.15) is 5.56 Å². The molecule has 0 radical (unpaired) electrons. The molecule has 0 amide bonds. The van der Waals surface area contributed by atoms with Crippen LogP contribution in [0.5, 0.6) is 5.75 Å². The Balaban J connectivity index is 3.11. The van der Waals surface area contributed by atoms with Crippen molar-refractivity contribution in [2.24, 2.45) is 0 Å². The Morgan fingerprint density at radius 1 is 1.21 bits per heavy atom. The van der Waals surface area contributed by atoms with Crippen LogP contribution in [0.2, 0.25) is 0 Å². The van der Waals surface area contributed by atoms with Crippen molar-refractivity contribution in [1.29, 1.82) is 0 Å². The summed E-state index contributed by atoms with van der Waals surface area (Å²) in [5.74, 6) is -3.98. The van der Waals surface area contributed by atoms with Gasteiger partial charge in [-0.05, 0) is 6.07 Å². The lowest BCUT2D eigenvalue weighted by molar-refractivity contribution is -0.0547. The fraction of sp³-hybridized carbons (Fsp3) is 0.250. The first-order valence-electron chi connectivity index (χ1n) is 3.54. The van der Waals surface area contributed by atoms with Gasteiger partial charge >= 0.3 is 6.61 Å². The third kappa shape index (κ3) is 2.12. The summed E-state index contributed by atoms with van der Waals surface area (Å²) >= 11 is 0. The van der Waals surface area contributed by atoms with Gasteiger partial charge in [0.05, 0.1) is 0 Å². The van der Waals surface area contributed by atoms with E-state index in [2.05, 4.69) is 4.74 Å². The summed E-state index contributed by atoms with van der Waals surface area (Å²) in [6.45, 7) is -4.57. The molecule has 0 N–H and O–H groups in total. The smallest absolute Gasteiger partial charge is 0.387 e. The van der Waals surface area contributed by atoms with Crippen molar-refractivity contribution in [2.45, 2.75) is 13.3 Å². The number of hydrogen-bond acceptors (Lipinski definition) is 1. The molecule has 0 aliphatic carbocycles. The molecule has 1 nitrogen and oxygen atoms in total. The molecule has 6 heteroatoms. The summed E-state index contributed by atoms with van der Waals surface area (Å²) in [5, 5.41) is 0. The van der Waals surface area contributed by atoms with Gasteiger partial charge in [-0.1, -0.05) is 6.07 Å². The molecule has 0 aliphatic rings. The Hall–Kier alpha value is -1.33. The van der Waals surface area contributed by atoms with E-state index in [1.165, 1.54) is 0 Å². The van der Waals surface area contributed by atoms with Crippen LogP contribution in [0.3, 0.4) is 0 Å². The molecular formula is C8H5F5O. The molecule has 0 unspecified atom stereocenters. The van der Waals surface area contributed by atoms with E-state index in [9.17, 15) is 22.0 Å². The topological polar surface area (TPSA) is 9.23 Å². The lowest BCUT2D eigenvalue weighted by Crippen LogP contribution is -2.07. The highest BCUT2D eigenvalue weighted by atomic mass is 19.3. The second kappa shape index (κ2) is 4.26. The molecule has 1 aromatic rings. The highest BCUT2D eigenvalue weighted by Gasteiger charge is 2.18. The van der Waals surface area contributed by atoms with Crippen molar-refractivity contribution >= 4 is 0 Å². The van der Waals surface area contributed by atoms with E-state index in [-0.39, 0.29) is 0 Å². The largest absolute Gasteiger partial charge is 0.429 e. The van der Waals surface area contributed by atoms with E-state index in [0.717, 1.165) is 6.07 Å². The molecule has 0 spiro atoms. The Morgan fingerprint density at radius 2 is 1.86 bits per heavy atom. The first-order chi connectivity index (χ1) is 6.56. The average molecular weight is 212 g/mol. The molecule has 0 bridgehead atoms. The van der Waals surface area contributed by atoms with Crippen LogP contribution in [-0.2, 0) is 6.67 Å². The fourth-order valence-corrected chi connectivity index (χ4v) is 0.874. The molecule has 1 aromatic carbocycles. The minimum Gasteiger partial charge on any atom is -0.429 e. The van der Waals surface area contributed by atoms with Crippen molar-refractivity contribution in [1.82, 2.24) is 0 Å². The quantitative estimate of drug-likeness (QED) is 0.699. The van der Waals surface area contributed by atoms with Gasteiger partial charge in [0.15, 0.2) is 17.4 Å². The Bertz CT molecular complexity index is 326. The monoisotopic (exact) mass is 212 g/mol. The maximum Gasteiger partial charge on any atom is 0.387 e. The van der Waals surface area contributed by atoms with Gasteiger partial charge in [-0.3, -0.25) is 0 Å². The minimum atomic E-state index is -3.35. The lowest BCUT2D eigenvalue weighted by Gasteiger charge is -2.08. The number of halogens is 5. The summed E-state index contributed by atoms with van der Waals surface area (Å²) < 4.78 is 64.6. The first-order valence-corrected chi connectivity index (χ1v) is 3.54. The van der Waals surface area contributed by atoms with E-state index in [0.29, 0.717) is 6.07 Å². The minimum absolute atomic E-state index is 0.526. The average Bonchev–Trinajstić information content (AvgIpc) is 2.12. The normalized spacial score (nSPS) is 10.7. The van der Waals surface area contributed by atoms with Gasteiger partial charge in [-0.25, -0.2) is 13.2 Å². The number of ether oxygens (including phenoxy) is 1. The summed E-state index contributed by atoms with van der Waals surface area (Å²) in [5.41, 5.74) is -0.526. The van der Waals surface area contributed by atoms with Crippen molar-refractivity contribution < 1.29 is 26.7 Å².